The number of aromatic nitrogens is 2. The van der Waals surface area contributed by atoms with Gasteiger partial charge in [-0.15, -0.1) is 0 Å². The molecule has 0 saturated heterocycles. The molecule has 5 heteroatoms. The van der Waals surface area contributed by atoms with E-state index in [-0.39, 0.29) is 5.82 Å². The normalized spacial score (nSPS) is 9.33. The van der Waals surface area contributed by atoms with Crippen LogP contribution < -0.4 is 10.5 Å². The molecule has 0 bridgehead atoms. The molecule has 2 rings (SSSR count). The molecule has 0 aliphatic heterocycles. The summed E-state index contributed by atoms with van der Waals surface area (Å²) in [5, 5.41) is 0. The second kappa shape index (κ2) is 6.96. The Labute approximate surface area is 115 Å². The predicted octanol–water partition coefficient (Wildman–Crippen LogP) is 3.95. The summed E-state index contributed by atoms with van der Waals surface area (Å²) in [6.07, 6.45) is 1.53. The first-order valence-corrected chi connectivity index (χ1v) is 6.47. The molecule has 0 unspecified atom stereocenters. The van der Waals surface area contributed by atoms with E-state index in [1.165, 1.54) is 11.8 Å². The summed E-state index contributed by atoms with van der Waals surface area (Å²) in [6.45, 7) is 6.01. The lowest BCUT2D eigenvalue weighted by Crippen LogP contribution is -1.98. The minimum atomic E-state index is 0.267. The molecule has 1 aromatic heterocycles. The number of nitrogens with two attached hydrogens (primary N) is 1. The van der Waals surface area contributed by atoms with Crippen LogP contribution in [0.25, 0.3) is 0 Å². The minimum Gasteiger partial charge on any atom is -0.436 e. The number of halogens is 1. The molecule has 2 N–H and O–H groups in total. The Hall–Kier alpha value is -1.62. The molecule has 0 aliphatic rings. The molecule has 18 heavy (non-hydrogen) atoms. The fourth-order valence-electron chi connectivity index (χ4n) is 1.15. The third-order valence-corrected chi connectivity index (χ3v) is 2.36. The maximum atomic E-state index is 5.65. The minimum absolute atomic E-state index is 0.267. The van der Waals surface area contributed by atoms with Crippen molar-refractivity contribution in [3.8, 4) is 11.6 Å². The fourth-order valence-corrected chi connectivity index (χ4v) is 1.42. The van der Waals surface area contributed by atoms with E-state index in [0.29, 0.717) is 16.2 Å². The van der Waals surface area contributed by atoms with E-state index in [0.717, 1.165) is 0 Å². The Kier molecular flexibility index (Phi) is 5.58. The van der Waals surface area contributed by atoms with Gasteiger partial charge in [0.15, 0.2) is 5.82 Å². The van der Waals surface area contributed by atoms with Gasteiger partial charge in [-0.2, -0.15) is 0 Å². The Morgan fingerprint density at radius 2 is 1.78 bits per heavy atom. The van der Waals surface area contributed by atoms with E-state index in [1.54, 1.807) is 0 Å². The lowest BCUT2D eigenvalue weighted by molar-refractivity contribution is 0.462. The number of hydrogen-bond donors (Lipinski definition) is 1. The predicted molar refractivity (Wildman–Crippen MR) is 76.7 cm³/mol. The highest BCUT2D eigenvalue weighted by atomic mass is 79.9. The number of nitrogens with zero attached hydrogens (tertiary/aromatic N) is 2. The number of rotatable bonds is 2. The van der Waals surface area contributed by atoms with Crippen molar-refractivity contribution < 1.29 is 4.74 Å². The van der Waals surface area contributed by atoms with Gasteiger partial charge < -0.3 is 10.5 Å². The van der Waals surface area contributed by atoms with Crippen molar-refractivity contribution in [3.63, 3.8) is 0 Å². The molecule has 1 aromatic carbocycles. The van der Waals surface area contributed by atoms with Gasteiger partial charge in [-0.05, 0) is 35.0 Å². The smallest absolute Gasteiger partial charge is 0.263 e. The standard InChI is InChI=1S/C11H10BrN3O.C2H6/c1-7-2-4-8(5-3-7)16-11-10(13)14-6-9(12)15-11;1-2/h2-6H,1H3,(H2,13,14);1-2H3. The van der Waals surface area contributed by atoms with Crippen LogP contribution in [-0.2, 0) is 0 Å². The number of anilines is 1. The number of ether oxygens (including phenoxy) is 1. The maximum absolute atomic E-state index is 5.65. The molecular weight excluding hydrogens is 294 g/mol. The molecule has 1 heterocycles. The number of nitrogen functional groups attached to an aromatic ring is 1. The second-order valence-electron chi connectivity index (χ2n) is 3.30. The third kappa shape index (κ3) is 4.00. The van der Waals surface area contributed by atoms with Crippen LogP contribution in [0.5, 0.6) is 11.6 Å². The van der Waals surface area contributed by atoms with Crippen LogP contribution >= 0.6 is 15.9 Å². The Bertz CT molecular complexity index is 500. The van der Waals surface area contributed by atoms with E-state index >= 15 is 0 Å². The quantitative estimate of drug-likeness (QED) is 0.912. The average Bonchev–Trinajstić information content (AvgIpc) is 2.39. The van der Waals surface area contributed by atoms with E-state index in [2.05, 4.69) is 25.9 Å². The van der Waals surface area contributed by atoms with Gasteiger partial charge in [-0.1, -0.05) is 31.5 Å². The molecule has 2 aromatic rings. The first-order valence-electron chi connectivity index (χ1n) is 5.67. The van der Waals surface area contributed by atoms with Gasteiger partial charge in [0.2, 0.25) is 0 Å². The summed E-state index contributed by atoms with van der Waals surface area (Å²) in [4.78, 5) is 8.03. The van der Waals surface area contributed by atoms with Crippen molar-refractivity contribution in [2.75, 3.05) is 5.73 Å². The van der Waals surface area contributed by atoms with E-state index in [9.17, 15) is 0 Å². The van der Waals surface area contributed by atoms with Crippen LogP contribution in [0.3, 0.4) is 0 Å². The second-order valence-corrected chi connectivity index (χ2v) is 4.11. The highest BCUT2D eigenvalue weighted by Gasteiger charge is 2.05. The summed E-state index contributed by atoms with van der Waals surface area (Å²) in [7, 11) is 0. The molecular formula is C13H16BrN3O. The van der Waals surface area contributed by atoms with Crippen molar-refractivity contribution in [2.24, 2.45) is 0 Å². The largest absolute Gasteiger partial charge is 0.436 e. The van der Waals surface area contributed by atoms with Crippen molar-refractivity contribution in [1.29, 1.82) is 0 Å². The van der Waals surface area contributed by atoms with Gasteiger partial charge in [0.05, 0.1) is 6.20 Å². The van der Waals surface area contributed by atoms with Crippen LogP contribution in [0.15, 0.2) is 35.1 Å². The van der Waals surface area contributed by atoms with Crippen molar-refractivity contribution in [1.82, 2.24) is 9.97 Å². The number of benzene rings is 1. The topological polar surface area (TPSA) is 61.0 Å². The SMILES string of the molecule is CC.Cc1ccc(Oc2nc(Br)cnc2N)cc1. The first kappa shape index (κ1) is 14.4. The van der Waals surface area contributed by atoms with Gasteiger partial charge in [-0.3, -0.25) is 0 Å². The van der Waals surface area contributed by atoms with Crippen LogP contribution in [0.4, 0.5) is 5.82 Å². The van der Waals surface area contributed by atoms with Gasteiger partial charge in [0, 0.05) is 0 Å². The summed E-state index contributed by atoms with van der Waals surface area (Å²) in [6, 6.07) is 7.63. The van der Waals surface area contributed by atoms with Crippen molar-refractivity contribution in [2.45, 2.75) is 20.8 Å². The van der Waals surface area contributed by atoms with E-state index in [4.69, 9.17) is 10.5 Å². The maximum Gasteiger partial charge on any atom is 0.263 e. The van der Waals surface area contributed by atoms with E-state index in [1.807, 2.05) is 45.0 Å². The van der Waals surface area contributed by atoms with Crippen LogP contribution in [-0.4, -0.2) is 9.97 Å². The number of aryl methyl sites for hydroxylation is 1. The number of hydrogen-bond acceptors (Lipinski definition) is 4. The Morgan fingerprint density at radius 3 is 2.39 bits per heavy atom. The molecule has 0 fully saturated rings. The highest BCUT2D eigenvalue weighted by Crippen LogP contribution is 2.25. The van der Waals surface area contributed by atoms with Gasteiger partial charge in [-0.25, -0.2) is 9.97 Å². The molecule has 96 valence electrons. The van der Waals surface area contributed by atoms with Crippen molar-refractivity contribution in [3.05, 3.63) is 40.6 Å². The summed E-state index contributed by atoms with van der Waals surface area (Å²) in [5.74, 6) is 1.26. The lowest BCUT2D eigenvalue weighted by Gasteiger charge is -2.06. The molecule has 0 atom stereocenters. The average molecular weight is 310 g/mol. The molecule has 0 amide bonds. The van der Waals surface area contributed by atoms with Gasteiger partial charge >= 0.3 is 0 Å². The van der Waals surface area contributed by atoms with Gasteiger partial charge in [0.1, 0.15) is 10.4 Å². The Morgan fingerprint density at radius 1 is 1.17 bits per heavy atom. The lowest BCUT2D eigenvalue weighted by atomic mass is 10.2. The van der Waals surface area contributed by atoms with Crippen LogP contribution in [0.1, 0.15) is 19.4 Å². The first-order chi connectivity index (χ1) is 8.65. The Balaban J connectivity index is 0.000000771. The summed E-state index contributed by atoms with van der Waals surface area (Å²) in [5.41, 5.74) is 6.82. The summed E-state index contributed by atoms with van der Waals surface area (Å²) < 4.78 is 6.10. The van der Waals surface area contributed by atoms with Crippen LogP contribution in [0, 0.1) is 6.92 Å². The zero-order chi connectivity index (χ0) is 13.5. The zero-order valence-corrected chi connectivity index (χ0v) is 12.2. The van der Waals surface area contributed by atoms with Crippen molar-refractivity contribution >= 4 is 21.7 Å². The molecule has 4 nitrogen and oxygen atoms in total. The molecule has 0 aliphatic carbocycles. The third-order valence-electron chi connectivity index (χ3n) is 1.97. The van der Waals surface area contributed by atoms with Gasteiger partial charge in [0.25, 0.3) is 5.88 Å². The fraction of sp³-hybridized carbons (Fsp3) is 0.231. The summed E-state index contributed by atoms with van der Waals surface area (Å²) >= 11 is 3.21. The molecule has 0 spiro atoms. The monoisotopic (exact) mass is 309 g/mol. The highest BCUT2D eigenvalue weighted by molar-refractivity contribution is 9.10. The molecule has 0 radical (unpaired) electrons. The molecule has 0 saturated carbocycles. The van der Waals surface area contributed by atoms with E-state index < -0.39 is 0 Å². The van der Waals surface area contributed by atoms with Crippen LogP contribution in [0.2, 0.25) is 0 Å². The zero-order valence-electron chi connectivity index (χ0n) is 10.6.